The Bertz CT molecular complexity index is 496. The Balaban J connectivity index is 3.45. The summed E-state index contributed by atoms with van der Waals surface area (Å²) in [5, 5.41) is 27.8. The molecule has 0 saturated heterocycles. The first-order valence-electron chi connectivity index (χ1n) is 3.94. The summed E-state index contributed by atoms with van der Waals surface area (Å²) in [5.41, 5.74) is 5.41. The molecule has 0 unspecified atom stereocenters. The number of benzene rings is 1. The first kappa shape index (κ1) is 10.5. The molecule has 0 radical (unpaired) electrons. The first-order chi connectivity index (χ1) is 7.10. The van der Waals surface area contributed by atoms with Crippen molar-refractivity contribution < 1.29 is 4.92 Å². The van der Waals surface area contributed by atoms with Crippen molar-refractivity contribution in [3.8, 4) is 12.1 Å². The predicted octanol–water partition coefficient (Wildman–Crippen LogP) is 1.11. The summed E-state index contributed by atoms with van der Waals surface area (Å²) in [6.07, 6.45) is -0.143. The van der Waals surface area contributed by atoms with Gasteiger partial charge < -0.3 is 5.73 Å². The monoisotopic (exact) mass is 202 g/mol. The van der Waals surface area contributed by atoms with Gasteiger partial charge in [0.05, 0.1) is 29.0 Å². The van der Waals surface area contributed by atoms with E-state index in [4.69, 9.17) is 16.3 Å². The molecule has 15 heavy (non-hydrogen) atoms. The van der Waals surface area contributed by atoms with Gasteiger partial charge in [-0.3, -0.25) is 10.1 Å². The number of nitriles is 2. The fourth-order valence-electron chi connectivity index (χ4n) is 1.23. The molecule has 0 atom stereocenters. The molecule has 6 nitrogen and oxygen atoms in total. The summed E-state index contributed by atoms with van der Waals surface area (Å²) in [6.45, 7) is 0. The summed E-state index contributed by atoms with van der Waals surface area (Å²) in [7, 11) is 0. The van der Waals surface area contributed by atoms with E-state index in [9.17, 15) is 10.1 Å². The van der Waals surface area contributed by atoms with Crippen LogP contribution in [0, 0.1) is 32.8 Å². The molecule has 0 fully saturated rings. The lowest BCUT2D eigenvalue weighted by Crippen LogP contribution is -2.01. The second kappa shape index (κ2) is 4.07. The molecule has 6 heteroatoms. The van der Waals surface area contributed by atoms with Crippen molar-refractivity contribution in [2.45, 2.75) is 6.42 Å². The third-order valence-corrected chi connectivity index (χ3v) is 1.80. The molecule has 2 N–H and O–H groups in total. The summed E-state index contributed by atoms with van der Waals surface area (Å²) >= 11 is 0. The van der Waals surface area contributed by atoms with Gasteiger partial charge in [-0.2, -0.15) is 10.5 Å². The lowest BCUT2D eigenvalue weighted by Gasteiger charge is -2.02. The molecule has 0 aromatic heterocycles. The van der Waals surface area contributed by atoms with E-state index < -0.39 is 4.92 Å². The van der Waals surface area contributed by atoms with Crippen molar-refractivity contribution in [2.24, 2.45) is 0 Å². The smallest absolute Gasteiger partial charge is 0.296 e. The van der Waals surface area contributed by atoms with Crippen molar-refractivity contribution in [2.75, 3.05) is 5.73 Å². The van der Waals surface area contributed by atoms with E-state index in [0.717, 1.165) is 0 Å². The zero-order valence-electron chi connectivity index (χ0n) is 7.60. The molecule has 1 aromatic carbocycles. The van der Waals surface area contributed by atoms with Crippen molar-refractivity contribution >= 4 is 11.4 Å². The molecule has 0 aliphatic heterocycles. The van der Waals surface area contributed by atoms with Gasteiger partial charge >= 0.3 is 0 Å². The number of nitro benzene ring substituents is 1. The predicted molar refractivity (Wildman–Crippen MR) is 51.5 cm³/mol. The van der Waals surface area contributed by atoms with Crippen LogP contribution in [-0.4, -0.2) is 4.92 Å². The van der Waals surface area contributed by atoms with Gasteiger partial charge in [0.15, 0.2) is 0 Å². The van der Waals surface area contributed by atoms with Gasteiger partial charge in [0.25, 0.3) is 5.69 Å². The average Bonchev–Trinajstić information content (AvgIpc) is 2.16. The summed E-state index contributed by atoms with van der Waals surface area (Å²) < 4.78 is 0. The molecule has 0 saturated carbocycles. The van der Waals surface area contributed by atoms with Crippen LogP contribution in [0.4, 0.5) is 11.4 Å². The number of nitrogens with zero attached hydrogens (tertiary/aromatic N) is 3. The largest absolute Gasteiger partial charge is 0.393 e. The molecule has 0 bridgehead atoms. The van der Waals surface area contributed by atoms with Gasteiger partial charge in [-0.15, -0.1) is 0 Å². The molecule has 0 aliphatic carbocycles. The van der Waals surface area contributed by atoms with Crippen LogP contribution in [0.25, 0.3) is 0 Å². The highest BCUT2D eigenvalue weighted by Crippen LogP contribution is 2.27. The molecule has 0 heterocycles. The maximum absolute atomic E-state index is 10.7. The maximum Gasteiger partial charge on any atom is 0.296 e. The van der Waals surface area contributed by atoms with Gasteiger partial charge in [-0.1, -0.05) is 0 Å². The highest BCUT2D eigenvalue weighted by molar-refractivity contribution is 5.66. The zero-order valence-corrected chi connectivity index (χ0v) is 7.60. The van der Waals surface area contributed by atoms with E-state index >= 15 is 0 Å². The van der Waals surface area contributed by atoms with Crippen molar-refractivity contribution in [1.29, 1.82) is 10.5 Å². The third-order valence-electron chi connectivity index (χ3n) is 1.80. The Kier molecular flexibility index (Phi) is 2.85. The topological polar surface area (TPSA) is 117 Å². The van der Waals surface area contributed by atoms with Gasteiger partial charge in [0.1, 0.15) is 5.69 Å². The maximum atomic E-state index is 10.7. The van der Waals surface area contributed by atoms with Crippen molar-refractivity contribution in [3.05, 3.63) is 33.4 Å². The van der Waals surface area contributed by atoms with Crippen LogP contribution < -0.4 is 5.73 Å². The molecule has 1 aromatic rings. The molecule has 74 valence electrons. The Morgan fingerprint density at radius 3 is 2.60 bits per heavy atom. The highest BCUT2D eigenvalue weighted by Gasteiger charge is 2.18. The first-order valence-corrected chi connectivity index (χ1v) is 3.94. The fraction of sp³-hybridized carbons (Fsp3) is 0.111. The van der Waals surface area contributed by atoms with Crippen LogP contribution in [0.3, 0.4) is 0 Å². The highest BCUT2D eigenvalue weighted by atomic mass is 16.6. The van der Waals surface area contributed by atoms with Crippen LogP contribution >= 0.6 is 0 Å². The van der Waals surface area contributed by atoms with E-state index in [0.29, 0.717) is 0 Å². The Hall–Kier alpha value is -2.60. The molecule has 0 spiro atoms. The lowest BCUT2D eigenvalue weighted by molar-refractivity contribution is -0.384. The molecular formula is C9H6N4O2. The van der Waals surface area contributed by atoms with E-state index in [1.54, 1.807) is 6.07 Å². The number of hydrogen-bond donors (Lipinski definition) is 1. The molecular weight excluding hydrogens is 196 g/mol. The minimum absolute atomic E-state index is 0.0932. The Morgan fingerprint density at radius 2 is 2.13 bits per heavy atom. The van der Waals surface area contributed by atoms with E-state index in [-0.39, 0.29) is 28.9 Å². The number of anilines is 1. The Morgan fingerprint density at radius 1 is 1.47 bits per heavy atom. The van der Waals surface area contributed by atoms with Crippen molar-refractivity contribution in [1.82, 2.24) is 0 Å². The van der Waals surface area contributed by atoms with E-state index in [1.165, 1.54) is 12.1 Å². The third kappa shape index (κ3) is 2.01. The lowest BCUT2D eigenvalue weighted by atomic mass is 10.1. The minimum atomic E-state index is -0.650. The number of hydrogen-bond acceptors (Lipinski definition) is 5. The van der Waals surface area contributed by atoms with Gasteiger partial charge in [-0.25, -0.2) is 0 Å². The fourth-order valence-corrected chi connectivity index (χ4v) is 1.23. The summed E-state index contributed by atoms with van der Waals surface area (Å²) in [5.74, 6) is 0. The van der Waals surface area contributed by atoms with Crippen LogP contribution in [0.2, 0.25) is 0 Å². The normalized spacial score (nSPS) is 8.93. The Labute approximate surface area is 85.3 Å². The SMILES string of the molecule is N#CCc1cc(C#N)cc(N)c1[N+](=O)[O-]. The van der Waals surface area contributed by atoms with Crippen LogP contribution in [0.15, 0.2) is 12.1 Å². The molecule has 1 rings (SSSR count). The quantitative estimate of drug-likeness (QED) is 0.438. The summed E-state index contributed by atoms with van der Waals surface area (Å²) in [4.78, 5) is 10.0. The molecule has 0 amide bonds. The number of nitrogen functional groups attached to an aromatic ring is 1. The second-order valence-corrected chi connectivity index (χ2v) is 2.78. The number of nitro groups is 1. The van der Waals surface area contributed by atoms with E-state index in [2.05, 4.69) is 0 Å². The summed E-state index contributed by atoms with van der Waals surface area (Å²) in [6, 6.07) is 6.13. The number of rotatable bonds is 2. The standard InChI is InChI=1S/C9H6N4O2/c10-2-1-7-3-6(5-11)4-8(12)9(7)13(14)15/h3-4H,1,12H2. The van der Waals surface area contributed by atoms with Crippen LogP contribution in [0.5, 0.6) is 0 Å². The van der Waals surface area contributed by atoms with Crippen LogP contribution in [0.1, 0.15) is 11.1 Å². The van der Waals surface area contributed by atoms with E-state index in [1.807, 2.05) is 6.07 Å². The van der Waals surface area contributed by atoms with Gasteiger partial charge in [0.2, 0.25) is 0 Å². The number of nitrogens with two attached hydrogens (primary N) is 1. The average molecular weight is 202 g/mol. The molecule has 0 aliphatic rings. The van der Waals surface area contributed by atoms with Crippen LogP contribution in [-0.2, 0) is 6.42 Å². The minimum Gasteiger partial charge on any atom is -0.393 e. The van der Waals surface area contributed by atoms with Crippen molar-refractivity contribution in [3.63, 3.8) is 0 Å². The second-order valence-electron chi connectivity index (χ2n) is 2.78. The van der Waals surface area contributed by atoms with Gasteiger partial charge in [0, 0.05) is 5.56 Å². The zero-order chi connectivity index (χ0) is 11.4. The van der Waals surface area contributed by atoms with Gasteiger partial charge in [-0.05, 0) is 12.1 Å².